The summed E-state index contributed by atoms with van der Waals surface area (Å²) in [6.45, 7) is 0. The van der Waals surface area contributed by atoms with Gasteiger partial charge in [-0.3, -0.25) is 0 Å². The second kappa shape index (κ2) is 4.17. The van der Waals surface area contributed by atoms with Crippen LogP contribution >= 0.6 is 15.6 Å². The zero-order valence-electron chi connectivity index (χ0n) is 6.39. The van der Waals surface area contributed by atoms with E-state index < -0.39 is 15.6 Å². The van der Waals surface area contributed by atoms with Crippen LogP contribution in [0, 0.1) is 0 Å². The Morgan fingerprint density at radius 1 is 0.700 bits per heavy atom. The van der Waals surface area contributed by atoms with Gasteiger partial charge in [0.25, 0.3) is 0 Å². The molecule has 0 atom stereocenters. The van der Waals surface area contributed by atoms with Crippen LogP contribution in [0.25, 0.3) is 0 Å². The van der Waals surface area contributed by atoms with Gasteiger partial charge in [0, 0.05) is 0 Å². The van der Waals surface area contributed by atoms with Crippen LogP contribution in [0.2, 0.25) is 0 Å². The predicted molar refractivity (Wildman–Crippen MR) is 30.7 cm³/mol. The third kappa shape index (κ3) is 8850. The highest BCUT2D eigenvalue weighted by Crippen LogP contribution is 2.26. The molecule has 0 bridgehead atoms. The zero-order valence-corrected chi connectivity index (χ0v) is 6.18. The quantitative estimate of drug-likeness (QED) is 0.253. The Kier molecular flexibility index (Phi) is 5.36. The first-order chi connectivity index (χ1) is 4.00. The molecule has 0 amide bonds. The highest BCUT2D eigenvalue weighted by atomic mass is 31.2. The van der Waals surface area contributed by atoms with Gasteiger partial charge in [-0.1, -0.05) is 0 Å². The molecule has 0 aliphatic carbocycles. The molecule has 0 aromatic carbocycles. The van der Waals surface area contributed by atoms with Crippen LogP contribution in [-0.4, -0.2) is 29.4 Å². The van der Waals surface area contributed by atoms with E-state index in [-0.39, 0.29) is 2.85 Å². The van der Waals surface area contributed by atoms with Crippen LogP contribution in [0.1, 0.15) is 2.85 Å². The molecule has 0 aromatic rings. The summed E-state index contributed by atoms with van der Waals surface area (Å²) in [7, 11) is -9.28. The number of phosphoric acid groups is 2. The highest BCUT2D eigenvalue weighted by molar-refractivity contribution is 7.45. The van der Waals surface area contributed by atoms with Crippen LogP contribution in [0.4, 0.5) is 0 Å². The number of hydrogen-bond acceptors (Lipinski definition) is 2. The molecule has 8 nitrogen and oxygen atoms in total. The lowest BCUT2D eigenvalue weighted by Crippen LogP contribution is -1.66. The Bertz CT molecular complexity index is 127. The summed E-state index contributed by atoms with van der Waals surface area (Å²) in [6, 6.07) is 0. The first-order valence-corrected chi connectivity index (χ1v) is 4.70. The average molecular weight is 198 g/mol. The molecule has 6 N–H and O–H groups in total. The van der Waals surface area contributed by atoms with Crippen molar-refractivity contribution >= 4 is 15.6 Å². The lowest BCUT2D eigenvalue weighted by Gasteiger charge is -1.82. The second-order valence-electron chi connectivity index (χ2n) is 1.03. The average Bonchev–Trinajstić information content (AvgIpc) is 1.12. The Morgan fingerprint density at radius 3 is 0.700 bits per heavy atom. The Morgan fingerprint density at radius 2 is 0.700 bits per heavy atom. The fourth-order valence-electron chi connectivity index (χ4n) is 0. The maximum absolute atomic E-state index is 8.88. The van der Waals surface area contributed by atoms with Crippen molar-refractivity contribution in [1.82, 2.24) is 0 Å². The lowest BCUT2D eigenvalue weighted by molar-refractivity contribution is 0.272. The van der Waals surface area contributed by atoms with Crippen molar-refractivity contribution in [3.8, 4) is 0 Å². The maximum Gasteiger partial charge on any atom is 1.00 e. The van der Waals surface area contributed by atoms with Crippen LogP contribution in [-0.2, 0) is 9.13 Å². The summed E-state index contributed by atoms with van der Waals surface area (Å²) in [5.41, 5.74) is 0. The standard InChI is InChI=1S/2H3O4P/c2*1-5(2,3)4/h2*(H3,1,2,3,4)/p+2. The minimum Gasteiger partial charge on any atom is -0.303 e. The maximum atomic E-state index is 8.88. The summed E-state index contributed by atoms with van der Waals surface area (Å²) in [5, 5.41) is 0. The van der Waals surface area contributed by atoms with Gasteiger partial charge in [-0.2, -0.15) is 0 Å². The molecular weight excluding hydrogens is 190 g/mol. The number of rotatable bonds is 0. The molecule has 0 saturated heterocycles. The van der Waals surface area contributed by atoms with Crippen molar-refractivity contribution in [3.63, 3.8) is 0 Å². The Labute approximate surface area is 58.2 Å². The molecule has 0 rings (SSSR count). The molecule has 0 unspecified atom stereocenters. The van der Waals surface area contributed by atoms with E-state index in [9.17, 15) is 0 Å². The largest absolute Gasteiger partial charge is 1.00 e. The molecule has 0 spiro atoms. The van der Waals surface area contributed by atoms with Crippen LogP contribution in [0.15, 0.2) is 0 Å². The molecule has 0 saturated carbocycles. The van der Waals surface area contributed by atoms with Gasteiger partial charge in [-0.25, -0.2) is 9.13 Å². The van der Waals surface area contributed by atoms with Crippen molar-refractivity contribution in [2.24, 2.45) is 0 Å². The van der Waals surface area contributed by atoms with Crippen LogP contribution in [0.5, 0.6) is 0 Å². The van der Waals surface area contributed by atoms with E-state index >= 15 is 0 Å². The van der Waals surface area contributed by atoms with Crippen molar-refractivity contribution in [2.75, 3.05) is 0 Å². The molecule has 10 heavy (non-hydrogen) atoms. The molecule has 0 fully saturated rings. The molecule has 0 radical (unpaired) electrons. The topological polar surface area (TPSA) is 156 Å². The smallest absolute Gasteiger partial charge is 0.303 e. The first-order valence-electron chi connectivity index (χ1n) is 1.57. The molecule has 64 valence electrons. The van der Waals surface area contributed by atoms with E-state index in [2.05, 4.69) is 0 Å². The van der Waals surface area contributed by atoms with E-state index in [1.165, 1.54) is 0 Å². The monoisotopic (exact) mass is 198 g/mol. The molecule has 10 heteroatoms. The van der Waals surface area contributed by atoms with E-state index in [1.807, 2.05) is 0 Å². The Hall–Kier alpha value is 0.220. The lowest BCUT2D eigenvalue weighted by atomic mass is 15.8. The van der Waals surface area contributed by atoms with Gasteiger partial charge in [0.15, 0.2) is 0 Å². The molecule has 0 aliphatic rings. The first kappa shape index (κ1) is 12.9. The minimum atomic E-state index is -4.64. The summed E-state index contributed by atoms with van der Waals surface area (Å²) < 4.78 is 17.8. The van der Waals surface area contributed by atoms with E-state index in [0.717, 1.165) is 0 Å². The Balaban J connectivity index is -0.0000000457. The van der Waals surface area contributed by atoms with Crippen molar-refractivity contribution in [1.29, 1.82) is 0 Å². The third-order valence-corrected chi connectivity index (χ3v) is 0. The number of hydrogen-bond donors (Lipinski definition) is 6. The van der Waals surface area contributed by atoms with Gasteiger partial charge in [0.1, 0.15) is 0 Å². The molecule has 0 aliphatic heterocycles. The van der Waals surface area contributed by atoms with Crippen molar-refractivity contribution in [3.05, 3.63) is 0 Å². The SMILES string of the molecule is O=P(O)(O)O.O=P(O)(O)O.[H+].[H+]. The second-order valence-corrected chi connectivity index (χ2v) is 3.08. The van der Waals surface area contributed by atoms with Crippen molar-refractivity contribution in [2.45, 2.75) is 0 Å². The van der Waals surface area contributed by atoms with E-state index in [0.29, 0.717) is 0 Å². The summed E-state index contributed by atoms with van der Waals surface area (Å²) in [5.74, 6) is 0. The molecular formula is H8O8P2+2. The predicted octanol–water partition coefficient (Wildman–Crippen LogP) is -1.63. The fourth-order valence-corrected chi connectivity index (χ4v) is 0. The fraction of sp³-hybridized carbons (Fsp3) is 0. The molecule has 0 aromatic heterocycles. The van der Waals surface area contributed by atoms with Gasteiger partial charge < -0.3 is 29.4 Å². The summed E-state index contributed by atoms with van der Waals surface area (Å²) in [4.78, 5) is 43.1. The van der Waals surface area contributed by atoms with Crippen molar-refractivity contribution < 1.29 is 41.3 Å². The third-order valence-electron chi connectivity index (χ3n) is 0. The minimum absolute atomic E-state index is 0. The van der Waals surface area contributed by atoms with Gasteiger partial charge in [0.2, 0.25) is 0 Å². The van der Waals surface area contributed by atoms with Gasteiger partial charge in [-0.05, 0) is 0 Å². The van der Waals surface area contributed by atoms with Gasteiger partial charge in [-0.15, -0.1) is 0 Å². The van der Waals surface area contributed by atoms with Crippen LogP contribution < -0.4 is 0 Å². The molecule has 0 heterocycles. The van der Waals surface area contributed by atoms with Gasteiger partial charge in [0.05, 0.1) is 0 Å². The normalized spacial score (nSPS) is 11.8. The van der Waals surface area contributed by atoms with Crippen LogP contribution in [0.3, 0.4) is 0 Å². The zero-order chi connectivity index (χ0) is 9.00. The summed E-state index contributed by atoms with van der Waals surface area (Å²) in [6.07, 6.45) is 0. The summed E-state index contributed by atoms with van der Waals surface area (Å²) >= 11 is 0. The van der Waals surface area contributed by atoms with Gasteiger partial charge >= 0.3 is 18.5 Å². The highest BCUT2D eigenvalue weighted by Gasteiger charge is 2.00. The van der Waals surface area contributed by atoms with E-state index in [4.69, 9.17) is 38.5 Å². The van der Waals surface area contributed by atoms with E-state index in [1.54, 1.807) is 0 Å².